The van der Waals surface area contributed by atoms with Gasteiger partial charge in [-0.3, -0.25) is 9.36 Å². The number of hydrogen-bond donors (Lipinski definition) is 2. The van der Waals surface area contributed by atoms with Crippen molar-refractivity contribution in [3.63, 3.8) is 0 Å². The summed E-state index contributed by atoms with van der Waals surface area (Å²) in [6.45, 7) is 0.258. The first kappa shape index (κ1) is 11.1. The van der Waals surface area contributed by atoms with Gasteiger partial charge in [-0.15, -0.1) is 0 Å². The molecule has 2 rings (SSSR count). The normalized spacial score (nSPS) is 10.1. The fourth-order valence-electron chi connectivity index (χ4n) is 1.29. The van der Waals surface area contributed by atoms with Crippen LogP contribution >= 0.6 is 0 Å². The zero-order valence-electron chi connectivity index (χ0n) is 8.96. The Morgan fingerprint density at radius 2 is 2.29 bits per heavy atom. The summed E-state index contributed by atoms with van der Waals surface area (Å²) in [4.78, 5) is 33.1. The SMILES string of the molecule is O=C(Cn1cccnc1=O)NCc1ncc[nH]1. The Bertz CT molecular complexity index is 546. The van der Waals surface area contributed by atoms with Crippen LogP contribution in [0, 0.1) is 0 Å². The number of aromatic nitrogens is 4. The molecular formula is C10H11N5O2. The minimum Gasteiger partial charge on any atom is -0.347 e. The average Bonchev–Trinajstić information content (AvgIpc) is 2.82. The second kappa shape index (κ2) is 5.06. The lowest BCUT2D eigenvalue weighted by Crippen LogP contribution is -2.32. The molecule has 0 aliphatic rings. The quantitative estimate of drug-likeness (QED) is 0.729. The van der Waals surface area contributed by atoms with E-state index in [4.69, 9.17) is 0 Å². The smallest absolute Gasteiger partial charge is 0.347 e. The van der Waals surface area contributed by atoms with E-state index in [2.05, 4.69) is 20.3 Å². The average molecular weight is 233 g/mol. The molecule has 0 spiro atoms. The van der Waals surface area contributed by atoms with E-state index in [0.29, 0.717) is 12.4 Å². The summed E-state index contributed by atoms with van der Waals surface area (Å²) in [7, 11) is 0. The lowest BCUT2D eigenvalue weighted by molar-refractivity contribution is -0.121. The predicted octanol–water partition coefficient (Wildman–Crippen LogP) is -0.717. The lowest BCUT2D eigenvalue weighted by Gasteiger charge is -2.04. The molecule has 0 bridgehead atoms. The predicted molar refractivity (Wildman–Crippen MR) is 58.9 cm³/mol. The highest BCUT2D eigenvalue weighted by atomic mass is 16.2. The molecule has 7 heteroatoms. The maximum atomic E-state index is 11.5. The highest BCUT2D eigenvalue weighted by Crippen LogP contribution is 1.87. The summed E-state index contributed by atoms with van der Waals surface area (Å²) in [5, 5.41) is 2.64. The van der Waals surface area contributed by atoms with Crippen molar-refractivity contribution >= 4 is 5.91 Å². The van der Waals surface area contributed by atoms with Gasteiger partial charge >= 0.3 is 5.69 Å². The molecule has 2 N–H and O–H groups in total. The van der Waals surface area contributed by atoms with Gasteiger partial charge in [0.2, 0.25) is 5.91 Å². The van der Waals surface area contributed by atoms with Crippen molar-refractivity contribution in [2.75, 3.05) is 0 Å². The molecule has 17 heavy (non-hydrogen) atoms. The van der Waals surface area contributed by atoms with E-state index >= 15 is 0 Å². The highest BCUT2D eigenvalue weighted by Gasteiger charge is 2.04. The van der Waals surface area contributed by atoms with Gasteiger partial charge in [0.05, 0.1) is 6.54 Å². The van der Waals surface area contributed by atoms with Crippen LogP contribution in [-0.2, 0) is 17.9 Å². The third-order valence-corrected chi connectivity index (χ3v) is 2.10. The molecule has 0 saturated heterocycles. The van der Waals surface area contributed by atoms with Crippen LogP contribution in [0.3, 0.4) is 0 Å². The van der Waals surface area contributed by atoms with Crippen molar-refractivity contribution in [2.24, 2.45) is 0 Å². The number of carbonyl (C=O) groups excluding carboxylic acids is 1. The summed E-state index contributed by atoms with van der Waals surface area (Å²) >= 11 is 0. The Morgan fingerprint density at radius 1 is 1.41 bits per heavy atom. The molecule has 1 amide bonds. The van der Waals surface area contributed by atoms with Crippen molar-refractivity contribution in [1.82, 2.24) is 24.8 Å². The summed E-state index contributed by atoms with van der Waals surface area (Å²) in [5.74, 6) is 0.397. The van der Waals surface area contributed by atoms with Gasteiger partial charge in [0.25, 0.3) is 0 Å². The van der Waals surface area contributed by atoms with Crippen LogP contribution < -0.4 is 11.0 Å². The van der Waals surface area contributed by atoms with Gasteiger partial charge in [-0.25, -0.2) is 14.8 Å². The fourth-order valence-corrected chi connectivity index (χ4v) is 1.29. The second-order valence-corrected chi connectivity index (χ2v) is 3.34. The standard InChI is InChI=1S/C10H11N5O2/c16-9(14-6-8-11-3-4-12-8)7-15-5-1-2-13-10(15)17/h1-5H,6-7H2,(H,11,12)(H,14,16). The molecule has 0 aliphatic heterocycles. The number of nitrogens with zero attached hydrogens (tertiary/aromatic N) is 3. The number of hydrogen-bond acceptors (Lipinski definition) is 4. The minimum absolute atomic E-state index is 0.0482. The topological polar surface area (TPSA) is 92.7 Å². The Kier molecular flexibility index (Phi) is 3.29. The van der Waals surface area contributed by atoms with E-state index in [-0.39, 0.29) is 12.5 Å². The summed E-state index contributed by atoms with van der Waals surface area (Å²) in [6.07, 6.45) is 6.18. The molecule has 0 fully saturated rings. The summed E-state index contributed by atoms with van der Waals surface area (Å²) < 4.78 is 1.23. The number of amides is 1. The number of H-pyrrole nitrogens is 1. The lowest BCUT2D eigenvalue weighted by atomic mass is 10.5. The molecule has 0 aliphatic carbocycles. The van der Waals surface area contributed by atoms with Crippen LogP contribution in [0.2, 0.25) is 0 Å². The van der Waals surface area contributed by atoms with Gasteiger partial charge in [0.1, 0.15) is 12.4 Å². The largest absolute Gasteiger partial charge is 0.347 e. The van der Waals surface area contributed by atoms with Gasteiger partial charge in [-0.05, 0) is 6.07 Å². The van der Waals surface area contributed by atoms with Crippen LogP contribution in [0.5, 0.6) is 0 Å². The third kappa shape index (κ3) is 3.00. The number of rotatable bonds is 4. The molecule has 0 radical (unpaired) electrons. The molecule has 88 valence electrons. The van der Waals surface area contributed by atoms with E-state index in [1.807, 2.05) is 0 Å². The molecular weight excluding hydrogens is 222 g/mol. The van der Waals surface area contributed by atoms with Crippen LogP contribution in [0.1, 0.15) is 5.82 Å². The van der Waals surface area contributed by atoms with E-state index in [1.54, 1.807) is 18.5 Å². The fraction of sp³-hybridized carbons (Fsp3) is 0.200. The van der Waals surface area contributed by atoms with Gasteiger partial charge in [-0.1, -0.05) is 0 Å². The van der Waals surface area contributed by atoms with Crippen molar-refractivity contribution in [2.45, 2.75) is 13.1 Å². The number of imidazole rings is 1. The minimum atomic E-state index is -0.444. The Hall–Kier alpha value is -2.44. The first-order valence-electron chi connectivity index (χ1n) is 5.02. The Morgan fingerprint density at radius 3 is 3.00 bits per heavy atom. The Labute approximate surface area is 96.5 Å². The molecule has 2 aromatic heterocycles. The second-order valence-electron chi connectivity index (χ2n) is 3.34. The first-order chi connectivity index (χ1) is 8.25. The molecule has 0 atom stereocenters. The van der Waals surface area contributed by atoms with E-state index < -0.39 is 5.69 Å². The maximum Gasteiger partial charge on any atom is 0.347 e. The molecule has 7 nitrogen and oxygen atoms in total. The summed E-state index contributed by atoms with van der Waals surface area (Å²) in [5.41, 5.74) is -0.444. The van der Waals surface area contributed by atoms with Crippen LogP contribution in [0.15, 0.2) is 35.6 Å². The molecule has 2 aromatic rings. The van der Waals surface area contributed by atoms with Gasteiger partial charge in [0, 0.05) is 24.8 Å². The zero-order chi connectivity index (χ0) is 12.1. The summed E-state index contributed by atoms with van der Waals surface area (Å²) in [6, 6.07) is 1.60. The van der Waals surface area contributed by atoms with E-state index in [0.717, 1.165) is 0 Å². The van der Waals surface area contributed by atoms with E-state index in [9.17, 15) is 9.59 Å². The highest BCUT2D eigenvalue weighted by molar-refractivity contribution is 5.75. The van der Waals surface area contributed by atoms with Crippen molar-refractivity contribution in [3.8, 4) is 0 Å². The maximum absolute atomic E-state index is 11.5. The monoisotopic (exact) mass is 233 g/mol. The van der Waals surface area contributed by atoms with Crippen LogP contribution in [0.25, 0.3) is 0 Å². The van der Waals surface area contributed by atoms with Crippen molar-refractivity contribution < 1.29 is 4.79 Å². The van der Waals surface area contributed by atoms with Crippen molar-refractivity contribution in [1.29, 1.82) is 0 Å². The van der Waals surface area contributed by atoms with Crippen LogP contribution in [-0.4, -0.2) is 25.4 Å². The molecule has 0 unspecified atom stereocenters. The molecule has 0 saturated carbocycles. The third-order valence-electron chi connectivity index (χ3n) is 2.10. The van der Waals surface area contributed by atoms with Crippen molar-refractivity contribution in [3.05, 3.63) is 47.2 Å². The van der Waals surface area contributed by atoms with E-state index in [1.165, 1.54) is 17.0 Å². The zero-order valence-corrected chi connectivity index (χ0v) is 8.96. The number of carbonyl (C=O) groups is 1. The molecule has 0 aromatic carbocycles. The Balaban J connectivity index is 1.90. The molecule has 2 heterocycles. The number of nitrogens with one attached hydrogen (secondary N) is 2. The van der Waals surface area contributed by atoms with Gasteiger partial charge in [-0.2, -0.15) is 0 Å². The van der Waals surface area contributed by atoms with Gasteiger partial charge in [0.15, 0.2) is 0 Å². The van der Waals surface area contributed by atoms with Gasteiger partial charge < -0.3 is 10.3 Å². The first-order valence-corrected chi connectivity index (χ1v) is 5.02. The van der Waals surface area contributed by atoms with Crippen LogP contribution in [0.4, 0.5) is 0 Å². The number of aromatic amines is 1.